The van der Waals surface area contributed by atoms with Crippen molar-refractivity contribution in [3.05, 3.63) is 35.9 Å². The van der Waals surface area contributed by atoms with E-state index in [1.807, 2.05) is 35.6 Å². The average Bonchev–Trinajstić information content (AvgIpc) is 2.55. The minimum atomic E-state index is -4.49. The molecule has 0 aliphatic carbocycles. The van der Waals surface area contributed by atoms with Gasteiger partial charge in [-0.3, -0.25) is 9.59 Å². The molecular formula is C16H19F3N2O3. The molecule has 2 amide bonds. The first-order valence-corrected chi connectivity index (χ1v) is 7.55. The van der Waals surface area contributed by atoms with Crippen LogP contribution in [0.5, 0.6) is 0 Å². The van der Waals surface area contributed by atoms with E-state index in [2.05, 4.69) is 5.32 Å². The Kier molecular flexibility index (Phi) is 5.82. The number of nitrogens with one attached hydrogen (secondary N) is 2. The van der Waals surface area contributed by atoms with Gasteiger partial charge in [0.15, 0.2) is 0 Å². The smallest absolute Gasteiger partial charge is 0.375 e. The molecule has 2 N–H and O–H groups in total. The van der Waals surface area contributed by atoms with Gasteiger partial charge in [0.05, 0.1) is 6.10 Å². The topological polar surface area (TPSA) is 67.4 Å². The van der Waals surface area contributed by atoms with Crippen LogP contribution in [0.15, 0.2) is 30.3 Å². The average molecular weight is 344 g/mol. The zero-order valence-corrected chi connectivity index (χ0v) is 13.1. The number of carbonyl (C=O) groups excluding carboxylic acids is 2. The van der Waals surface area contributed by atoms with Crippen LogP contribution in [0.3, 0.4) is 0 Å². The fraction of sp³-hybridized carbons (Fsp3) is 0.500. The standard InChI is InChI=1S/C16H19F3N2O3/c1-24-12(10-5-3-2-4-6-10)9-20-14(22)11-7-8-13(16(17,18)19)21-15(11)23/h2-6,11-13H,7-9H2,1H3,(H,20,22)(H,21,23)/t11-,12+,13-/m0/s1. The molecule has 1 aliphatic rings. The van der Waals surface area contributed by atoms with Gasteiger partial charge in [-0.15, -0.1) is 0 Å². The Bertz CT molecular complexity index is 578. The number of halogens is 3. The molecule has 3 atom stereocenters. The van der Waals surface area contributed by atoms with Crippen molar-refractivity contribution in [2.75, 3.05) is 13.7 Å². The lowest BCUT2D eigenvalue weighted by Gasteiger charge is -2.30. The molecule has 5 nitrogen and oxygen atoms in total. The summed E-state index contributed by atoms with van der Waals surface area (Å²) >= 11 is 0. The Morgan fingerprint density at radius 3 is 2.54 bits per heavy atom. The van der Waals surface area contributed by atoms with Gasteiger partial charge in [0.25, 0.3) is 0 Å². The Labute approximate surface area is 137 Å². The summed E-state index contributed by atoms with van der Waals surface area (Å²) in [7, 11) is 1.49. The van der Waals surface area contributed by atoms with Gasteiger partial charge >= 0.3 is 6.18 Å². The molecule has 0 radical (unpaired) electrons. The second-order valence-corrected chi connectivity index (χ2v) is 5.61. The van der Waals surface area contributed by atoms with Crippen LogP contribution in [0.1, 0.15) is 24.5 Å². The number of alkyl halides is 3. The van der Waals surface area contributed by atoms with Crippen molar-refractivity contribution in [2.24, 2.45) is 5.92 Å². The number of rotatable bonds is 5. The molecule has 1 aliphatic heterocycles. The van der Waals surface area contributed by atoms with E-state index in [4.69, 9.17) is 4.74 Å². The van der Waals surface area contributed by atoms with Gasteiger partial charge in [0, 0.05) is 13.7 Å². The SMILES string of the molecule is CO[C@H](CNC(=O)[C@@H]1CC[C@@H](C(F)(F)F)NC1=O)c1ccccc1. The normalized spacial score (nSPS) is 22.6. The van der Waals surface area contributed by atoms with Crippen LogP contribution in [-0.2, 0) is 14.3 Å². The van der Waals surface area contributed by atoms with E-state index >= 15 is 0 Å². The van der Waals surface area contributed by atoms with Crippen molar-refractivity contribution in [1.29, 1.82) is 0 Å². The summed E-state index contributed by atoms with van der Waals surface area (Å²) < 4.78 is 43.1. The molecule has 0 aromatic heterocycles. The van der Waals surface area contributed by atoms with Crippen LogP contribution in [-0.4, -0.2) is 37.7 Å². The van der Waals surface area contributed by atoms with Crippen molar-refractivity contribution in [3.8, 4) is 0 Å². The summed E-state index contributed by atoms with van der Waals surface area (Å²) in [4.78, 5) is 23.9. The molecule has 8 heteroatoms. The third-order valence-electron chi connectivity index (χ3n) is 4.01. The number of hydrogen-bond acceptors (Lipinski definition) is 3. The molecule has 1 aromatic carbocycles. The van der Waals surface area contributed by atoms with E-state index < -0.39 is 36.1 Å². The van der Waals surface area contributed by atoms with Crippen molar-refractivity contribution < 1.29 is 27.5 Å². The second-order valence-electron chi connectivity index (χ2n) is 5.61. The minimum Gasteiger partial charge on any atom is -0.375 e. The van der Waals surface area contributed by atoms with Gasteiger partial charge in [-0.05, 0) is 18.4 Å². The van der Waals surface area contributed by atoms with Crippen molar-refractivity contribution in [2.45, 2.75) is 31.2 Å². The lowest BCUT2D eigenvalue weighted by Crippen LogP contribution is -2.54. The van der Waals surface area contributed by atoms with Crippen LogP contribution < -0.4 is 10.6 Å². The van der Waals surface area contributed by atoms with E-state index in [1.165, 1.54) is 7.11 Å². The molecule has 0 spiro atoms. The van der Waals surface area contributed by atoms with Gasteiger partial charge in [0.1, 0.15) is 12.0 Å². The Hall–Kier alpha value is -2.09. The monoisotopic (exact) mass is 344 g/mol. The summed E-state index contributed by atoms with van der Waals surface area (Å²) in [6, 6.07) is 7.29. The van der Waals surface area contributed by atoms with Gasteiger partial charge in [-0.1, -0.05) is 30.3 Å². The fourth-order valence-electron chi connectivity index (χ4n) is 2.63. The first kappa shape index (κ1) is 18.3. The second kappa shape index (κ2) is 7.65. The fourth-order valence-corrected chi connectivity index (χ4v) is 2.63. The van der Waals surface area contributed by atoms with Crippen molar-refractivity contribution in [1.82, 2.24) is 10.6 Å². The number of methoxy groups -OCH3 is 1. The highest BCUT2D eigenvalue weighted by molar-refractivity contribution is 6.00. The van der Waals surface area contributed by atoms with E-state index in [1.54, 1.807) is 0 Å². The molecule has 0 bridgehead atoms. The molecule has 0 unspecified atom stereocenters. The number of piperidine rings is 1. The number of benzene rings is 1. The predicted molar refractivity (Wildman–Crippen MR) is 79.9 cm³/mol. The molecule has 1 saturated heterocycles. The molecule has 1 fully saturated rings. The lowest BCUT2D eigenvalue weighted by atomic mass is 9.92. The summed E-state index contributed by atoms with van der Waals surface area (Å²) in [5, 5.41) is 4.44. The van der Waals surface area contributed by atoms with Crippen LogP contribution in [0.25, 0.3) is 0 Å². The summed E-state index contributed by atoms with van der Waals surface area (Å²) in [5.41, 5.74) is 0.852. The molecule has 132 valence electrons. The van der Waals surface area contributed by atoms with Gasteiger partial charge in [-0.25, -0.2) is 0 Å². The van der Waals surface area contributed by atoms with Crippen LogP contribution >= 0.6 is 0 Å². The van der Waals surface area contributed by atoms with E-state index in [9.17, 15) is 22.8 Å². The summed E-state index contributed by atoms with van der Waals surface area (Å²) in [6.45, 7) is 0.131. The first-order chi connectivity index (χ1) is 11.3. The predicted octanol–water partition coefficient (Wildman–Crippen LogP) is 1.95. The Morgan fingerprint density at radius 1 is 1.33 bits per heavy atom. The van der Waals surface area contributed by atoms with E-state index in [0.717, 1.165) is 5.56 Å². The maximum absolute atomic E-state index is 12.6. The first-order valence-electron chi connectivity index (χ1n) is 7.55. The summed E-state index contributed by atoms with van der Waals surface area (Å²) in [6.07, 6.45) is -5.33. The quantitative estimate of drug-likeness (QED) is 0.803. The molecule has 2 rings (SSSR count). The highest BCUT2D eigenvalue weighted by atomic mass is 19.4. The van der Waals surface area contributed by atoms with Crippen molar-refractivity contribution in [3.63, 3.8) is 0 Å². The number of ether oxygens (including phenoxy) is 1. The Balaban J connectivity index is 1.90. The van der Waals surface area contributed by atoms with Crippen LogP contribution in [0.4, 0.5) is 13.2 Å². The zero-order valence-electron chi connectivity index (χ0n) is 13.1. The largest absolute Gasteiger partial charge is 0.408 e. The number of hydrogen-bond donors (Lipinski definition) is 2. The van der Waals surface area contributed by atoms with E-state index in [-0.39, 0.29) is 19.4 Å². The van der Waals surface area contributed by atoms with Gasteiger partial charge in [-0.2, -0.15) is 13.2 Å². The number of amides is 2. The lowest BCUT2D eigenvalue weighted by molar-refractivity contribution is -0.171. The highest BCUT2D eigenvalue weighted by Gasteiger charge is 2.45. The van der Waals surface area contributed by atoms with Crippen LogP contribution in [0.2, 0.25) is 0 Å². The van der Waals surface area contributed by atoms with Crippen LogP contribution in [0, 0.1) is 5.92 Å². The zero-order chi connectivity index (χ0) is 17.7. The van der Waals surface area contributed by atoms with Crippen molar-refractivity contribution >= 4 is 11.8 Å². The maximum atomic E-state index is 12.6. The third kappa shape index (κ3) is 4.47. The Morgan fingerprint density at radius 2 is 2.00 bits per heavy atom. The summed E-state index contributed by atoms with van der Waals surface area (Å²) in [5.74, 6) is -2.60. The van der Waals surface area contributed by atoms with Gasteiger partial charge < -0.3 is 15.4 Å². The molecular weight excluding hydrogens is 325 g/mol. The minimum absolute atomic E-state index is 0.131. The number of carbonyl (C=O) groups is 2. The molecule has 0 saturated carbocycles. The highest BCUT2D eigenvalue weighted by Crippen LogP contribution is 2.28. The molecule has 1 heterocycles. The maximum Gasteiger partial charge on any atom is 0.408 e. The molecule has 1 aromatic rings. The molecule has 24 heavy (non-hydrogen) atoms. The van der Waals surface area contributed by atoms with Gasteiger partial charge in [0.2, 0.25) is 11.8 Å². The third-order valence-corrected chi connectivity index (χ3v) is 4.01. The van der Waals surface area contributed by atoms with E-state index in [0.29, 0.717) is 0 Å².